The Bertz CT molecular complexity index is 640. The fourth-order valence-electron chi connectivity index (χ4n) is 2.44. The molecule has 23 heavy (non-hydrogen) atoms. The van der Waals surface area contributed by atoms with Crippen LogP contribution in [0, 0.1) is 18.3 Å². The van der Waals surface area contributed by atoms with E-state index in [1.807, 2.05) is 18.2 Å². The first kappa shape index (κ1) is 16.9. The maximum atomic E-state index is 12.0. The van der Waals surface area contributed by atoms with Gasteiger partial charge in [0.25, 0.3) is 0 Å². The lowest BCUT2D eigenvalue weighted by Gasteiger charge is -2.22. The third-order valence-electron chi connectivity index (χ3n) is 3.46. The van der Waals surface area contributed by atoms with Crippen LogP contribution in [0.4, 0.5) is 10.5 Å². The summed E-state index contributed by atoms with van der Waals surface area (Å²) < 4.78 is 5.27. The van der Waals surface area contributed by atoms with Crippen molar-refractivity contribution < 1.29 is 14.3 Å². The lowest BCUT2D eigenvalue weighted by molar-refractivity contribution is -0.128. The molecule has 1 saturated heterocycles. The number of amides is 2. The summed E-state index contributed by atoms with van der Waals surface area (Å²) in [6.07, 6.45) is 5.28. The normalized spacial score (nSPS) is 17.7. The molecule has 1 aromatic carbocycles. The number of likely N-dealkylation sites (tertiary alicyclic amines) is 1. The van der Waals surface area contributed by atoms with Crippen molar-refractivity contribution in [2.24, 2.45) is 5.92 Å². The van der Waals surface area contributed by atoms with Crippen molar-refractivity contribution in [2.75, 3.05) is 11.9 Å². The van der Waals surface area contributed by atoms with E-state index in [0.717, 1.165) is 5.56 Å². The molecule has 1 aliphatic rings. The summed E-state index contributed by atoms with van der Waals surface area (Å²) >= 11 is 0. The number of benzene rings is 1. The summed E-state index contributed by atoms with van der Waals surface area (Å²) in [5, 5.41) is 2.74. The quantitative estimate of drug-likeness (QED) is 0.873. The molecule has 1 N–H and O–H groups in total. The van der Waals surface area contributed by atoms with Gasteiger partial charge in [-0.2, -0.15) is 0 Å². The van der Waals surface area contributed by atoms with E-state index in [2.05, 4.69) is 11.2 Å². The van der Waals surface area contributed by atoms with Crippen LogP contribution < -0.4 is 5.32 Å². The van der Waals surface area contributed by atoms with Gasteiger partial charge in [-0.15, -0.1) is 12.3 Å². The van der Waals surface area contributed by atoms with Crippen LogP contribution in [0.15, 0.2) is 24.3 Å². The van der Waals surface area contributed by atoms with Crippen LogP contribution in [0.3, 0.4) is 0 Å². The van der Waals surface area contributed by atoms with Crippen molar-refractivity contribution >= 4 is 17.7 Å². The number of rotatable bonds is 3. The molecule has 122 valence electrons. The van der Waals surface area contributed by atoms with Crippen molar-refractivity contribution in [1.29, 1.82) is 0 Å². The lowest BCUT2D eigenvalue weighted by Crippen LogP contribution is -2.28. The summed E-state index contributed by atoms with van der Waals surface area (Å²) in [7, 11) is 0. The number of hydrogen-bond donors (Lipinski definition) is 1. The third kappa shape index (κ3) is 4.75. The molecule has 1 fully saturated rings. The van der Waals surface area contributed by atoms with Gasteiger partial charge in [0.2, 0.25) is 5.91 Å². The summed E-state index contributed by atoms with van der Waals surface area (Å²) in [6.45, 7) is 6.39. The Morgan fingerprint density at radius 3 is 2.74 bits per heavy atom. The summed E-state index contributed by atoms with van der Waals surface area (Å²) in [5.74, 6) is 2.64. The van der Waals surface area contributed by atoms with E-state index in [0.29, 0.717) is 25.2 Å². The molecule has 0 radical (unpaired) electrons. The number of carbonyl (C=O) groups is 2. The summed E-state index contributed by atoms with van der Waals surface area (Å²) in [4.78, 5) is 25.6. The van der Waals surface area contributed by atoms with Gasteiger partial charge in [-0.1, -0.05) is 18.2 Å². The van der Waals surface area contributed by atoms with E-state index in [4.69, 9.17) is 11.2 Å². The Kier molecular flexibility index (Phi) is 4.95. The molecule has 1 aliphatic heterocycles. The number of anilines is 1. The van der Waals surface area contributed by atoms with Crippen molar-refractivity contribution in [3.05, 3.63) is 29.8 Å². The molecule has 0 spiro atoms. The van der Waals surface area contributed by atoms with Crippen molar-refractivity contribution in [1.82, 2.24) is 4.90 Å². The van der Waals surface area contributed by atoms with Crippen LogP contribution in [0.2, 0.25) is 0 Å². The molecule has 1 aromatic rings. The second-order valence-corrected chi connectivity index (χ2v) is 6.63. The van der Waals surface area contributed by atoms with Crippen LogP contribution in [-0.2, 0) is 16.1 Å². The Balaban J connectivity index is 2.08. The Hall–Kier alpha value is -2.48. The minimum absolute atomic E-state index is 0.0338. The van der Waals surface area contributed by atoms with Gasteiger partial charge >= 0.3 is 6.09 Å². The molecule has 0 aliphatic carbocycles. The van der Waals surface area contributed by atoms with E-state index in [1.54, 1.807) is 31.7 Å². The Morgan fingerprint density at radius 1 is 1.43 bits per heavy atom. The zero-order valence-corrected chi connectivity index (χ0v) is 13.8. The van der Waals surface area contributed by atoms with E-state index in [1.165, 1.54) is 0 Å². The monoisotopic (exact) mass is 314 g/mol. The first-order valence-electron chi connectivity index (χ1n) is 7.60. The number of terminal acetylenes is 1. The SMILES string of the molecule is C#CC1CC(=O)N(Cc2ccccc2NC(=O)OC(C)(C)C)C1. The Labute approximate surface area is 137 Å². The highest BCUT2D eigenvalue weighted by atomic mass is 16.6. The second kappa shape index (κ2) is 6.74. The number of carbonyl (C=O) groups excluding carboxylic acids is 2. The third-order valence-corrected chi connectivity index (χ3v) is 3.46. The molecule has 2 rings (SSSR count). The smallest absolute Gasteiger partial charge is 0.412 e. The molecular formula is C18H22N2O3. The number of hydrogen-bond acceptors (Lipinski definition) is 3. The van der Waals surface area contributed by atoms with Crippen LogP contribution in [0.5, 0.6) is 0 Å². The van der Waals surface area contributed by atoms with Crippen molar-refractivity contribution in [2.45, 2.75) is 39.3 Å². The number of para-hydroxylation sites is 1. The molecular weight excluding hydrogens is 292 g/mol. The summed E-state index contributed by atoms with van der Waals surface area (Å²) in [5.41, 5.74) is 0.923. The Morgan fingerprint density at radius 2 is 2.13 bits per heavy atom. The average molecular weight is 314 g/mol. The molecule has 1 unspecified atom stereocenters. The number of nitrogens with zero attached hydrogens (tertiary/aromatic N) is 1. The topological polar surface area (TPSA) is 58.6 Å². The fourth-order valence-corrected chi connectivity index (χ4v) is 2.44. The second-order valence-electron chi connectivity index (χ2n) is 6.63. The largest absolute Gasteiger partial charge is 0.444 e. The van der Waals surface area contributed by atoms with Gasteiger partial charge in [0.1, 0.15) is 5.60 Å². The average Bonchev–Trinajstić information content (AvgIpc) is 2.79. The maximum Gasteiger partial charge on any atom is 0.412 e. The fraction of sp³-hybridized carbons (Fsp3) is 0.444. The van der Waals surface area contributed by atoms with Gasteiger partial charge in [-0.3, -0.25) is 10.1 Å². The van der Waals surface area contributed by atoms with Gasteiger partial charge in [0.15, 0.2) is 0 Å². The van der Waals surface area contributed by atoms with Gasteiger partial charge < -0.3 is 9.64 Å². The van der Waals surface area contributed by atoms with E-state index >= 15 is 0 Å². The maximum absolute atomic E-state index is 12.0. The van der Waals surface area contributed by atoms with E-state index in [9.17, 15) is 9.59 Å². The molecule has 1 atom stereocenters. The predicted molar refractivity (Wildman–Crippen MR) is 88.7 cm³/mol. The minimum atomic E-state index is -0.566. The molecule has 0 bridgehead atoms. The molecule has 1 heterocycles. The van der Waals surface area contributed by atoms with Crippen molar-refractivity contribution in [3.8, 4) is 12.3 Å². The zero-order valence-electron chi connectivity index (χ0n) is 13.8. The lowest BCUT2D eigenvalue weighted by atomic mass is 10.1. The molecule has 5 nitrogen and oxygen atoms in total. The highest BCUT2D eigenvalue weighted by Crippen LogP contribution is 2.23. The van der Waals surface area contributed by atoms with Crippen LogP contribution in [0.1, 0.15) is 32.8 Å². The van der Waals surface area contributed by atoms with Crippen LogP contribution in [0.25, 0.3) is 0 Å². The minimum Gasteiger partial charge on any atom is -0.444 e. The number of nitrogens with one attached hydrogen (secondary N) is 1. The molecule has 0 aromatic heterocycles. The van der Waals surface area contributed by atoms with Gasteiger partial charge in [-0.25, -0.2) is 4.79 Å². The van der Waals surface area contributed by atoms with Crippen molar-refractivity contribution in [3.63, 3.8) is 0 Å². The zero-order chi connectivity index (χ0) is 17.0. The van der Waals surface area contributed by atoms with Gasteiger partial charge in [0, 0.05) is 31.1 Å². The van der Waals surface area contributed by atoms with Gasteiger partial charge in [0.05, 0.1) is 0 Å². The molecule has 5 heteroatoms. The highest BCUT2D eigenvalue weighted by Gasteiger charge is 2.28. The van der Waals surface area contributed by atoms with E-state index < -0.39 is 11.7 Å². The van der Waals surface area contributed by atoms with E-state index in [-0.39, 0.29) is 11.8 Å². The molecule has 0 saturated carbocycles. The predicted octanol–water partition coefficient (Wildman–Crippen LogP) is 3.02. The standard InChI is InChI=1S/C18H22N2O3/c1-5-13-10-16(21)20(11-13)12-14-8-6-7-9-15(14)19-17(22)23-18(2,3)4/h1,6-9,13H,10-12H2,2-4H3,(H,19,22). The number of ether oxygens (including phenoxy) is 1. The first-order chi connectivity index (χ1) is 10.8. The van der Waals surface area contributed by atoms with Gasteiger partial charge in [-0.05, 0) is 32.4 Å². The van der Waals surface area contributed by atoms with Crippen LogP contribution in [-0.4, -0.2) is 29.0 Å². The first-order valence-corrected chi connectivity index (χ1v) is 7.60. The van der Waals surface area contributed by atoms with Crippen LogP contribution >= 0.6 is 0 Å². The molecule has 2 amide bonds. The highest BCUT2D eigenvalue weighted by molar-refractivity contribution is 5.86. The summed E-state index contributed by atoms with van der Waals surface area (Å²) in [6, 6.07) is 7.36.